The SMILES string of the molecule is CC1=NN(c2ccc(C)c(C)c2)C(=O)C1N=Nc1cccc(-c2cccc(NC(=O)OC(C)(C)C)c2)c1O. The summed E-state index contributed by atoms with van der Waals surface area (Å²) in [5.74, 6) is -0.414. The van der Waals surface area contributed by atoms with Gasteiger partial charge in [-0.25, -0.2) is 4.79 Å². The Balaban J connectivity index is 1.54. The van der Waals surface area contributed by atoms with Crippen LogP contribution < -0.4 is 10.3 Å². The van der Waals surface area contributed by atoms with E-state index < -0.39 is 17.7 Å². The predicted molar refractivity (Wildman–Crippen MR) is 148 cm³/mol. The summed E-state index contributed by atoms with van der Waals surface area (Å²) in [4.78, 5) is 25.2. The quantitative estimate of drug-likeness (QED) is 0.361. The second-order valence-corrected chi connectivity index (χ2v) is 10.2. The van der Waals surface area contributed by atoms with Crippen LogP contribution in [0.3, 0.4) is 0 Å². The van der Waals surface area contributed by atoms with Crippen LogP contribution in [0.15, 0.2) is 76.0 Å². The Kier molecular flexibility index (Phi) is 7.30. The standard InChI is InChI=1S/C29H31N5O4/c1-17-13-14-22(15-18(17)2)34-27(36)25(19(3)33-34)32-31-24-12-8-11-23(26(24)35)20-9-7-10-21(16-20)30-28(37)38-29(4,5)6/h7-16,25,35H,1-6H3,(H,30,37). The summed E-state index contributed by atoms with van der Waals surface area (Å²) in [6, 6.07) is 16.9. The summed E-state index contributed by atoms with van der Waals surface area (Å²) < 4.78 is 5.31. The van der Waals surface area contributed by atoms with Gasteiger partial charge in [-0.3, -0.25) is 10.1 Å². The van der Waals surface area contributed by atoms with Gasteiger partial charge in [-0.2, -0.15) is 20.3 Å². The predicted octanol–water partition coefficient (Wildman–Crippen LogP) is 6.90. The number of amides is 2. The fourth-order valence-corrected chi connectivity index (χ4v) is 3.88. The number of nitrogens with zero attached hydrogens (tertiary/aromatic N) is 4. The first-order valence-corrected chi connectivity index (χ1v) is 12.2. The minimum Gasteiger partial charge on any atom is -0.505 e. The van der Waals surface area contributed by atoms with Crippen LogP contribution in [0, 0.1) is 13.8 Å². The van der Waals surface area contributed by atoms with Gasteiger partial charge < -0.3 is 9.84 Å². The molecule has 1 aliphatic heterocycles. The lowest BCUT2D eigenvalue weighted by Gasteiger charge is -2.19. The molecule has 3 aromatic rings. The molecule has 9 nitrogen and oxygen atoms in total. The molecule has 196 valence electrons. The summed E-state index contributed by atoms with van der Waals surface area (Å²) in [6.45, 7) is 11.1. The molecule has 38 heavy (non-hydrogen) atoms. The molecule has 0 saturated carbocycles. The van der Waals surface area contributed by atoms with Crippen LogP contribution in [-0.2, 0) is 9.53 Å². The number of benzene rings is 3. The lowest BCUT2D eigenvalue weighted by atomic mass is 10.0. The van der Waals surface area contributed by atoms with Gasteiger partial charge in [-0.15, -0.1) is 0 Å². The van der Waals surface area contributed by atoms with Crippen molar-refractivity contribution < 1.29 is 19.4 Å². The molecule has 1 unspecified atom stereocenters. The molecular formula is C29H31N5O4. The maximum absolute atomic E-state index is 13.1. The molecule has 0 bridgehead atoms. The van der Waals surface area contributed by atoms with E-state index in [1.807, 2.05) is 32.0 Å². The Morgan fingerprint density at radius 1 is 1.03 bits per heavy atom. The molecule has 2 N–H and O–H groups in total. The van der Waals surface area contributed by atoms with Gasteiger partial charge in [0.2, 0.25) is 0 Å². The van der Waals surface area contributed by atoms with Crippen LogP contribution in [0.25, 0.3) is 11.1 Å². The monoisotopic (exact) mass is 513 g/mol. The van der Waals surface area contributed by atoms with Crippen molar-refractivity contribution in [3.05, 3.63) is 71.8 Å². The Labute approximate surface area is 221 Å². The fraction of sp³-hybridized carbons (Fsp3) is 0.276. The van der Waals surface area contributed by atoms with Crippen LogP contribution in [0.1, 0.15) is 38.8 Å². The number of hydrogen-bond acceptors (Lipinski definition) is 7. The fourth-order valence-electron chi connectivity index (χ4n) is 3.88. The highest BCUT2D eigenvalue weighted by Gasteiger charge is 2.35. The number of ether oxygens (including phenoxy) is 1. The molecular weight excluding hydrogens is 482 g/mol. The lowest BCUT2D eigenvalue weighted by Crippen LogP contribution is -2.29. The van der Waals surface area contributed by atoms with Gasteiger partial charge in [0.15, 0.2) is 11.8 Å². The normalized spacial score (nSPS) is 15.6. The van der Waals surface area contributed by atoms with E-state index >= 15 is 0 Å². The molecule has 3 aromatic carbocycles. The summed E-state index contributed by atoms with van der Waals surface area (Å²) in [6.07, 6.45) is -0.575. The minimum atomic E-state index is -0.888. The first-order chi connectivity index (χ1) is 17.9. The van der Waals surface area contributed by atoms with Gasteiger partial charge in [0, 0.05) is 11.3 Å². The molecule has 0 aliphatic carbocycles. The van der Waals surface area contributed by atoms with E-state index in [9.17, 15) is 14.7 Å². The number of para-hydroxylation sites is 1. The number of carbonyl (C=O) groups excluding carboxylic acids is 2. The number of phenols is 1. The molecule has 1 heterocycles. The van der Waals surface area contributed by atoms with Crippen LogP contribution in [0.2, 0.25) is 0 Å². The van der Waals surface area contributed by atoms with E-state index in [2.05, 4.69) is 20.6 Å². The van der Waals surface area contributed by atoms with Gasteiger partial charge >= 0.3 is 6.09 Å². The van der Waals surface area contributed by atoms with Crippen molar-refractivity contribution in [1.82, 2.24) is 0 Å². The third-order valence-electron chi connectivity index (χ3n) is 5.95. The average molecular weight is 514 g/mol. The highest BCUT2D eigenvalue weighted by Crippen LogP contribution is 2.38. The number of aryl methyl sites for hydroxylation is 2. The summed E-state index contributed by atoms with van der Waals surface area (Å²) in [5, 5.41) is 27.8. The third kappa shape index (κ3) is 5.88. The largest absolute Gasteiger partial charge is 0.505 e. The molecule has 2 amide bonds. The van der Waals surface area contributed by atoms with E-state index in [1.165, 1.54) is 5.01 Å². The zero-order chi connectivity index (χ0) is 27.6. The number of phenolic OH excluding ortho intramolecular Hbond substituents is 1. The Bertz CT molecular complexity index is 1460. The Hall–Kier alpha value is -4.53. The van der Waals surface area contributed by atoms with Crippen molar-refractivity contribution >= 4 is 34.8 Å². The molecule has 1 atom stereocenters. The maximum atomic E-state index is 13.1. The molecule has 0 aromatic heterocycles. The molecule has 0 fully saturated rings. The highest BCUT2D eigenvalue weighted by molar-refractivity contribution is 6.18. The van der Waals surface area contributed by atoms with Crippen LogP contribution >= 0.6 is 0 Å². The van der Waals surface area contributed by atoms with Crippen molar-refractivity contribution in [3.63, 3.8) is 0 Å². The minimum absolute atomic E-state index is 0.100. The molecule has 0 spiro atoms. The van der Waals surface area contributed by atoms with Gasteiger partial charge in [0.05, 0.1) is 11.4 Å². The molecule has 9 heteroatoms. The first kappa shape index (κ1) is 26.5. The smallest absolute Gasteiger partial charge is 0.412 e. The van der Waals surface area contributed by atoms with Crippen molar-refractivity contribution in [2.24, 2.45) is 15.3 Å². The van der Waals surface area contributed by atoms with Crippen molar-refractivity contribution in [1.29, 1.82) is 0 Å². The second kappa shape index (κ2) is 10.5. The Morgan fingerprint density at radius 2 is 1.76 bits per heavy atom. The van der Waals surface area contributed by atoms with E-state index in [-0.39, 0.29) is 17.3 Å². The third-order valence-corrected chi connectivity index (χ3v) is 5.95. The van der Waals surface area contributed by atoms with Crippen LogP contribution in [0.5, 0.6) is 5.75 Å². The number of rotatable bonds is 5. The summed E-state index contributed by atoms with van der Waals surface area (Å²) >= 11 is 0. The van der Waals surface area contributed by atoms with Crippen molar-refractivity contribution in [2.45, 2.75) is 53.2 Å². The number of aromatic hydroxyl groups is 1. The van der Waals surface area contributed by atoms with E-state index in [0.29, 0.717) is 28.2 Å². The number of carbonyl (C=O) groups is 2. The number of hydrogen-bond donors (Lipinski definition) is 2. The molecule has 1 aliphatic rings. The van der Waals surface area contributed by atoms with E-state index in [4.69, 9.17) is 4.74 Å². The molecule has 0 saturated heterocycles. The zero-order valence-corrected chi connectivity index (χ0v) is 22.3. The molecule has 0 radical (unpaired) electrons. The lowest BCUT2D eigenvalue weighted by molar-refractivity contribution is -0.117. The van der Waals surface area contributed by atoms with Gasteiger partial charge in [0.1, 0.15) is 11.3 Å². The highest BCUT2D eigenvalue weighted by atomic mass is 16.6. The second-order valence-electron chi connectivity index (χ2n) is 10.2. The van der Waals surface area contributed by atoms with Gasteiger partial charge in [-0.05, 0) is 88.6 Å². The average Bonchev–Trinajstić information content (AvgIpc) is 3.12. The topological polar surface area (TPSA) is 116 Å². The maximum Gasteiger partial charge on any atom is 0.412 e. The summed E-state index contributed by atoms with van der Waals surface area (Å²) in [5.41, 5.74) is 4.60. The Morgan fingerprint density at radius 3 is 2.47 bits per heavy atom. The van der Waals surface area contributed by atoms with E-state index in [0.717, 1.165) is 11.1 Å². The zero-order valence-electron chi connectivity index (χ0n) is 22.3. The van der Waals surface area contributed by atoms with Gasteiger partial charge in [0.25, 0.3) is 5.91 Å². The van der Waals surface area contributed by atoms with Crippen molar-refractivity contribution in [2.75, 3.05) is 10.3 Å². The van der Waals surface area contributed by atoms with Crippen molar-refractivity contribution in [3.8, 4) is 16.9 Å². The van der Waals surface area contributed by atoms with E-state index in [1.54, 1.807) is 70.2 Å². The number of nitrogens with one attached hydrogen (secondary N) is 1. The van der Waals surface area contributed by atoms with Crippen LogP contribution in [-0.4, -0.2) is 34.5 Å². The molecule has 4 rings (SSSR count). The van der Waals surface area contributed by atoms with Gasteiger partial charge in [-0.1, -0.05) is 30.3 Å². The first-order valence-electron chi connectivity index (χ1n) is 12.2. The van der Waals surface area contributed by atoms with Crippen LogP contribution in [0.4, 0.5) is 21.9 Å². The number of azo groups is 1. The summed E-state index contributed by atoms with van der Waals surface area (Å²) in [7, 11) is 0. The number of anilines is 2. The number of hydrazone groups is 1.